The molecule has 0 bridgehead atoms. The van der Waals surface area contributed by atoms with Crippen molar-refractivity contribution in [2.75, 3.05) is 39.6 Å². The van der Waals surface area contributed by atoms with E-state index < -0.39 is 8.80 Å². The van der Waals surface area contributed by atoms with E-state index in [2.05, 4.69) is 6.92 Å². The molecule has 5 nitrogen and oxygen atoms in total. The van der Waals surface area contributed by atoms with Crippen molar-refractivity contribution >= 4 is 8.80 Å². The van der Waals surface area contributed by atoms with Crippen LogP contribution in [0.25, 0.3) is 0 Å². The summed E-state index contributed by atoms with van der Waals surface area (Å²) in [6, 6.07) is 0. The molecule has 0 amide bonds. The van der Waals surface area contributed by atoms with Gasteiger partial charge in [-0.25, -0.2) is 0 Å². The van der Waals surface area contributed by atoms with E-state index in [0.717, 1.165) is 6.61 Å². The topological polar surface area (TPSA) is 49.5 Å². The Bertz CT molecular complexity index is 205. The fourth-order valence-corrected chi connectivity index (χ4v) is 4.43. The van der Waals surface area contributed by atoms with Crippen molar-refractivity contribution in [2.45, 2.75) is 39.3 Å². The monoisotopic (exact) mass is 278 g/mol. The first-order valence-electron chi connectivity index (χ1n) is 6.79. The second kappa shape index (κ2) is 8.24. The molecule has 2 unspecified atom stereocenters. The summed E-state index contributed by atoms with van der Waals surface area (Å²) < 4.78 is 28.2. The van der Waals surface area contributed by atoms with Crippen LogP contribution in [0.15, 0.2) is 0 Å². The zero-order chi connectivity index (χ0) is 13.4. The Morgan fingerprint density at radius 2 is 1.61 bits per heavy atom. The normalized spacial score (nSPS) is 21.0. The fraction of sp³-hybridized carbons (Fsp3) is 1.00. The van der Waals surface area contributed by atoms with Crippen LogP contribution in [0.5, 0.6) is 0 Å². The maximum absolute atomic E-state index is 5.83. The zero-order valence-corrected chi connectivity index (χ0v) is 12.9. The number of hydrogen-bond donors (Lipinski definition) is 0. The van der Waals surface area contributed by atoms with Crippen LogP contribution in [0.4, 0.5) is 0 Å². The molecule has 0 radical (unpaired) electrons. The van der Waals surface area contributed by atoms with Crippen molar-refractivity contribution in [3.63, 3.8) is 0 Å². The molecule has 1 rings (SSSR count). The summed E-state index contributed by atoms with van der Waals surface area (Å²) in [5, 5.41) is 0. The van der Waals surface area contributed by atoms with Crippen molar-refractivity contribution in [2.24, 2.45) is 0 Å². The summed E-state index contributed by atoms with van der Waals surface area (Å²) in [5.41, 5.74) is 0.135. The van der Waals surface area contributed by atoms with Crippen LogP contribution in [-0.2, 0) is 22.8 Å². The van der Waals surface area contributed by atoms with Gasteiger partial charge in [0.2, 0.25) is 0 Å². The van der Waals surface area contributed by atoms with Crippen LogP contribution in [-0.4, -0.2) is 54.5 Å². The second-order valence-corrected chi connectivity index (χ2v) is 7.36. The standard InChI is InChI=1S/C12H26O5Si/c1-5-15-18(16-6-2,17-7-3)11(4)8-13-9-12-10-14-12/h11-12H,5-10H2,1-4H3. The van der Waals surface area contributed by atoms with Crippen LogP contribution in [0.1, 0.15) is 27.7 Å². The van der Waals surface area contributed by atoms with E-state index >= 15 is 0 Å². The quantitative estimate of drug-likeness (QED) is 0.426. The molecule has 0 N–H and O–H groups in total. The van der Waals surface area contributed by atoms with E-state index in [9.17, 15) is 0 Å². The van der Waals surface area contributed by atoms with Gasteiger partial charge in [-0.2, -0.15) is 0 Å². The lowest BCUT2D eigenvalue weighted by Gasteiger charge is -2.33. The highest BCUT2D eigenvalue weighted by Gasteiger charge is 2.47. The van der Waals surface area contributed by atoms with Gasteiger partial charge in [0.25, 0.3) is 0 Å². The number of ether oxygens (including phenoxy) is 2. The average Bonchev–Trinajstić information content (AvgIpc) is 3.14. The van der Waals surface area contributed by atoms with Gasteiger partial charge in [-0.05, 0) is 20.8 Å². The molecule has 108 valence electrons. The molecule has 1 aliphatic heterocycles. The van der Waals surface area contributed by atoms with Crippen molar-refractivity contribution in [1.82, 2.24) is 0 Å². The van der Waals surface area contributed by atoms with E-state index in [4.69, 9.17) is 22.8 Å². The van der Waals surface area contributed by atoms with E-state index in [1.807, 2.05) is 20.8 Å². The molecule has 0 aromatic rings. The van der Waals surface area contributed by atoms with Gasteiger partial charge in [0, 0.05) is 25.4 Å². The molecule has 0 aromatic carbocycles. The predicted octanol–water partition coefficient (Wildman–Crippen LogP) is 1.84. The fourth-order valence-electron chi connectivity index (χ4n) is 1.80. The lowest BCUT2D eigenvalue weighted by Crippen LogP contribution is -2.51. The summed E-state index contributed by atoms with van der Waals surface area (Å²) in [6.07, 6.45) is 0.291. The molecule has 0 aromatic heterocycles. The largest absolute Gasteiger partial charge is 0.506 e. The van der Waals surface area contributed by atoms with E-state index in [-0.39, 0.29) is 5.54 Å². The molecule has 0 aliphatic carbocycles. The minimum absolute atomic E-state index is 0.135. The molecular weight excluding hydrogens is 252 g/mol. The van der Waals surface area contributed by atoms with Crippen LogP contribution in [0.2, 0.25) is 5.54 Å². The van der Waals surface area contributed by atoms with Crippen molar-refractivity contribution in [3.8, 4) is 0 Å². The Balaban J connectivity index is 2.46. The highest BCUT2D eigenvalue weighted by molar-refractivity contribution is 6.62. The molecule has 1 fully saturated rings. The Hall–Kier alpha value is 0.0169. The summed E-state index contributed by atoms with van der Waals surface area (Å²) in [7, 11) is -2.62. The number of rotatable bonds is 11. The SMILES string of the molecule is CCO[Si](OCC)(OCC)C(C)COCC1CO1. The Morgan fingerprint density at radius 3 is 2.00 bits per heavy atom. The van der Waals surface area contributed by atoms with Gasteiger partial charge in [-0.15, -0.1) is 0 Å². The van der Waals surface area contributed by atoms with Gasteiger partial charge < -0.3 is 22.8 Å². The van der Waals surface area contributed by atoms with Gasteiger partial charge in [0.1, 0.15) is 6.10 Å². The van der Waals surface area contributed by atoms with Crippen molar-refractivity contribution in [1.29, 1.82) is 0 Å². The van der Waals surface area contributed by atoms with Crippen LogP contribution >= 0.6 is 0 Å². The minimum atomic E-state index is -2.62. The summed E-state index contributed by atoms with van der Waals surface area (Å²) in [4.78, 5) is 0. The zero-order valence-electron chi connectivity index (χ0n) is 11.9. The molecule has 0 saturated carbocycles. The highest BCUT2D eigenvalue weighted by Crippen LogP contribution is 2.26. The summed E-state index contributed by atoms with van der Waals surface area (Å²) in [5.74, 6) is 0. The highest BCUT2D eigenvalue weighted by atomic mass is 28.4. The number of epoxide rings is 1. The maximum atomic E-state index is 5.83. The molecule has 2 atom stereocenters. The van der Waals surface area contributed by atoms with E-state index in [0.29, 0.717) is 39.1 Å². The van der Waals surface area contributed by atoms with Crippen molar-refractivity contribution < 1.29 is 22.8 Å². The van der Waals surface area contributed by atoms with Crippen LogP contribution in [0.3, 0.4) is 0 Å². The lowest BCUT2D eigenvalue weighted by atomic mass is 10.5. The third-order valence-electron chi connectivity index (χ3n) is 2.71. The van der Waals surface area contributed by atoms with E-state index in [1.165, 1.54) is 0 Å². The number of hydrogen-bond acceptors (Lipinski definition) is 5. The summed E-state index contributed by atoms with van der Waals surface area (Å²) in [6.45, 7) is 11.8. The third kappa shape index (κ3) is 4.95. The first-order valence-corrected chi connectivity index (χ1v) is 8.59. The molecule has 0 spiro atoms. The molecular formula is C12H26O5Si. The first-order chi connectivity index (χ1) is 8.68. The lowest BCUT2D eigenvalue weighted by molar-refractivity contribution is 0.0409. The van der Waals surface area contributed by atoms with Gasteiger partial charge in [0.15, 0.2) is 0 Å². The predicted molar refractivity (Wildman–Crippen MR) is 70.6 cm³/mol. The Kier molecular flexibility index (Phi) is 7.36. The smallest absolute Gasteiger partial charge is 0.378 e. The van der Waals surface area contributed by atoms with Gasteiger partial charge >= 0.3 is 8.80 Å². The molecule has 18 heavy (non-hydrogen) atoms. The molecule has 6 heteroatoms. The second-order valence-electron chi connectivity index (χ2n) is 4.30. The third-order valence-corrected chi connectivity index (χ3v) is 6.16. The molecule has 1 heterocycles. The maximum Gasteiger partial charge on any atom is 0.506 e. The Morgan fingerprint density at radius 1 is 1.11 bits per heavy atom. The molecule has 1 aliphatic rings. The average molecular weight is 278 g/mol. The van der Waals surface area contributed by atoms with Gasteiger partial charge in [-0.1, -0.05) is 6.92 Å². The summed E-state index contributed by atoms with van der Waals surface area (Å²) >= 11 is 0. The molecule has 1 saturated heterocycles. The van der Waals surface area contributed by atoms with E-state index in [1.54, 1.807) is 0 Å². The van der Waals surface area contributed by atoms with Gasteiger partial charge in [0.05, 0.1) is 19.8 Å². The Labute approximate surface area is 111 Å². The minimum Gasteiger partial charge on any atom is -0.378 e. The van der Waals surface area contributed by atoms with Crippen LogP contribution < -0.4 is 0 Å². The van der Waals surface area contributed by atoms with Crippen LogP contribution in [0, 0.1) is 0 Å². The first kappa shape index (κ1) is 16.1. The van der Waals surface area contributed by atoms with Gasteiger partial charge in [-0.3, -0.25) is 0 Å². The van der Waals surface area contributed by atoms with Crippen molar-refractivity contribution in [3.05, 3.63) is 0 Å².